The Bertz CT molecular complexity index is 1280. The molecule has 0 bridgehead atoms. The highest BCUT2D eigenvalue weighted by atomic mass is 35.5. The Morgan fingerprint density at radius 2 is 1.65 bits per heavy atom. The van der Waals surface area contributed by atoms with Crippen molar-refractivity contribution < 1.29 is 4.74 Å². The summed E-state index contributed by atoms with van der Waals surface area (Å²) in [7, 11) is 1.67. The van der Waals surface area contributed by atoms with Gasteiger partial charge in [-0.1, -0.05) is 60.1 Å². The fourth-order valence-electron chi connectivity index (χ4n) is 3.81. The number of halogens is 1. The molecule has 31 heavy (non-hydrogen) atoms. The molecule has 0 N–H and O–H groups in total. The van der Waals surface area contributed by atoms with E-state index < -0.39 is 0 Å². The standard InChI is InChI=1S/C24H20ClN5O/c1-16-26-27-24-29(15-18-7-3-6-10-22(18)31-2)28-23(17-11-13-19(25)14-12-17)20-8-4-5-9-21(20)30(16)24/h3-14H,15H2,1-2H3. The van der Waals surface area contributed by atoms with Gasteiger partial charge in [-0.25, -0.2) is 5.01 Å². The zero-order chi connectivity index (χ0) is 21.4. The number of hydrazone groups is 1. The molecule has 1 aliphatic heterocycles. The molecular weight excluding hydrogens is 410 g/mol. The quantitative estimate of drug-likeness (QED) is 0.457. The third kappa shape index (κ3) is 3.45. The van der Waals surface area contributed by atoms with Crippen molar-refractivity contribution in [2.24, 2.45) is 5.10 Å². The Balaban J connectivity index is 1.73. The average molecular weight is 430 g/mol. The summed E-state index contributed by atoms with van der Waals surface area (Å²) < 4.78 is 7.60. The molecule has 0 unspecified atom stereocenters. The van der Waals surface area contributed by atoms with E-state index in [2.05, 4.69) is 22.3 Å². The molecule has 0 saturated carbocycles. The van der Waals surface area contributed by atoms with E-state index in [0.717, 1.165) is 39.7 Å². The van der Waals surface area contributed by atoms with Gasteiger partial charge >= 0.3 is 0 Å². The number of ether oxygens (including phenoxy) is 1. The molecule has 1 aliphatic rings. The minimum atomic E-state index is 0.479. The zero-order valence-electron chi connectivity index (χ0n) is 17.2. The summed E-state index contributed by atoms with van der Waals surface area (Å²) in [5.74, 6) is 2.25. The Hall–Kier alpha value is -3.64. The van der Waals surface area contributed by atoms with Crippen molar-refractivity contribution in [3.8, 4) is 11.4 Å². The molecule has 6 nitrogen and oxygen atoms in total. The Kier molecular flexibility index (Phi) is 4.92. The summed E-state index contributed by atoms with van der Waals surface area (Å²) in [6, 6.07) is 23.8. The number of rotatable bonds is 4. The molecule has 1 aromatic heterocycles. The number of benzene rings is 3. The van der Waals surface area contributed by atoms with Crippen molar-refractivity contribution in [2.75, 3.05) is 12.1 Å². The van der Waals surface area contributed by atoms with Gasteiger partial charge in [0.25, 0.3) is 5.95 Å². The highest BCUT2D eigenvalue weighted by Gasteiger charge is 2.26. The molecule has 0 fully saturated rings. The molecule has 4 aromatic rings. The second kappa shape index (κ2) is 7.89. The normalized spacial score (nSPS) is 12.6. The summed E-state index contributed by atoms with van der Waals surface area (Å²) in [4.78, 5) is 0. The number of hydrogen-bond acceptors (Lipinski definition) is 5. The van der Waals surface area contributed by atoms with Crippen LogP contribution in [0, 0.1) is 6.92 Å². The van der Waals surface area contributed by atoms with Crippen LogP contribution in [0.5, 0.6) is 5.75 Å². The third-order valence-electron chi connectivity index (χ3n) is 5.29. The van der Waals surface area contributed by atoms with Crippen LogP contribution in [0.15, 0.2) is 77.9 Å². The second-order valence-electron chi connectivity index (χ2n) is 7.22. The summed E-state index contributed by atoms with van der Waals surface area (Å²) in [6.07, 6.45) is 0. The van der Waals surface area contributed by atoms with Crippen LogP contribution in [-0.2, 0) is 6.54 Å². The van der Waals surface area contributed by atoms with Crippen LogP contribution in [0.25, 0.3) is 5.69 Å². The third-order valence-corrected chi connectivity index (χ3v) is 5.54. The summed E-state index contributed by atoms with van der Waals surface area (Å²) in [5.41, 5.74) is 4.79. The lowest BCUT2D eigenvalue weighted by Gasteiger charge is -2.19. The van der Waals surface area contributed by atoms with Crippen LogP contribution in [-0.4, -0.2) is 27.6 Å². The van der Waals surface area contributed by atoms with Crippen molar-refractivity contribution in [3.05, 3.63) is 100 Å². The van der Waals surface area contributed by atoms with Crippen LogP contribution in [0.2, 0.25) is 5.02 Å². The lowest BCUT2D eigenvalue weighted by atomic mass is 10.0. The zero-order valence-corrected chi connectivity index (χ0v) is 17.9. The van der Waals surface area contributed by atoms with Gasteiger partial charge in [0.2, 0.25) is 0 Å². The predicted molar refractivity (Wildman–Crippen MR) is 122 cm³/mol. The van der Waals surface area contributed by atoms with Crippen LogP contribution < -0.4 is 9.75 Å². The van der Waals surface area contributed by atoms with Gasteiger partial charge in [-0.05, 0) is 31.2 Å². The first kappa shape index (κ1) is 19.3. The van der Waals surface area contributed by atoms with E-state index in [-0.39, 0.29) is 0 Å². The second-order valence-corrected chi connectivity index (χ2v) is 7.66. The van der Waals surface area contributed by atoms with Gasteiger partial charge in [-0.3, -0.25) is 4.57 Å². The molecule has 2 heterocycles. The van der Waals surface area contributed by atoms with Gasteiger partial charge in [0.05, 0.1) is 19.3 Å². The maximum Gasteiger partial charge on any atom is 0.252 e. The molecule has 5 rings (SSSR count). The number of para-hydroxylation sites is 2. The number of aromatic nitrogens is 3. The van der Waals surface area contributed by atoms with Gasteiger partial charge in [0.1, 0.15) is 17.3 Å². The summed E-state index contributed by atoms with van der Waals surface area (Å²) >= 11 is 6.14. The average Bonchev–Trinajstić information content (AvgIpc) is 3.12. The van der Waals surface area contributed by atoms with Crippen LogP contribution in [0.1, 0.15) is 22.5 Å². The lowest BCUT2D eigenvalue weighted by molar-refractivity contribution is 0.409. The van der Waals surface area contributed by atoms with E-state index in [4.69, 9.17) is 21.4 Å². The van der Waals surface area contributed by atoms with Crippen LogP contribution >= 0.6 is 11.6 Å². The monoisotopic (exact) mass is 429 g/mol. The maximum atomic E-state index is 6.14. The number of fused-ring (bicyclic) bond motifs is 3. The summed E-state index contributed by atoms with van der Waals surface area (Å²) in [6.45, 7) is 2.43. The molecule has 0 spiro atoms. The van der Waals surface area contributed by atoms with E-state index in [9.17, 15) is 0 Å². The first-order chi connectivity index (χ1) is 15.2. The Labute approximate surface area is 185 Å². The molecule has 0 atom stereocenters. The van der Waals surface area contributed by atoms with Crippen molar-refractivity contribution in [2.45, 2.75) is 13.5 Å². The minimum absolute atomic E-state index is 0.479. The SMILES string of the molecule is COc1ccccc1CN1N=C(c2ccc(Cl)cc2)c2ccccc2-n2c(C)nnc21. The van der Waals surface area contributed by atoms with E-state index in [1.54, 1.807) is 7.11 Å². The Morgan fingerprint density at radius 1 is 0.903 bits per heavy atom. The summed E-state index contributed by atoms with van der Waals surface area (Å²) in [5, 5.41) is 16.4. The maximum absolute atomic E-state index is 6.14. The molecule has 0 amide bonds. The number of hydrogen-bond donors (Lipinski definition) is 0. The largest absolute Gasteiger partial charge is 0.496 e. The minimum Gasteiger partial charge on any atom is -0.496 e. The van der Waals surface area contributed by atoms with Crippen molar-refractivity contribution in [1.82, 2.24) is 14.8 Å². The van der Waals surface area contributed by atoms with E-state index in [1.807, 2.05) is 77.2 Å². The van der Waals surface area contributed by atoms with E-state index >= 15 is 0 Å². The highest BCUT2D eigenvalue weighted by Crippen LogP contribution is 2.31. The van der Waals surface area contributed by atoms with Crippen molar-refractivity contribution in [1.29, 1.82) is 0 Å². The topological polar surface area (TPSA) is 55.5 Å². The molecule has 0 radical (unpaired) electrons. The molecule has 7 heteroatoms. The molecule has 0 aliphatic carbocycles. The van der Waals surface area contributed by atoms with Gasteiger partial charge in [0.15, 0.2) is 0 Å². The first-order valence-corrected chi connectivity index (χ1v) is 10.3. The molecule has 3 aromatic carbocycles. The van der Waals surface area contributed by atoms with Crippen LogP contribution in [0.3, 0.4) is 0 Å². The number of anilines is 1. The van der Waals surface area contributed by atoms with E-state index in [1.165, 1.54) is 0 Å². The highest BCUT2D eigenvalue weighted by molar-refractivity contribution is 6.30. The van der Waals surface area contributed by atoms with Crippen LogP contribution in [0.4, 0.5) is 5.95 Å². The van der Waals surface area contributed by atoms with Gasteiger partial charge < -0.3 is 4.74 Å². The number of aryl methyl sites for hydroxylation is 1. The smallest absolute Gasteiger partial charge is 0.252 e. The molecular formula is C24H20ClN5O. The predicted octanol–water partition coefficient (Wildman–Crippen LogP) is 5.01. The van der Waals surface area contributed by atoms with E-state index in [0.29, 0.717) is 17.5 Å². The molecule has 154 valence electrons. The number of methoxy groups -OCH3 is 1. The lowest BCUT2D eigenvalue weighted by Crippen LogP contribution is -2.21. The van der Waals surface area contributed by atoms with Gasteiger partial charge in [-0.15, -0.1) is 10.2 Å². The number of nitrogens with zero attached hydrogens (tertiary/aromatic N) is 5. The van der Waals surface area contributed by atoms with Crippen molar-refractivity contribution >= 4 is 23.3 Å². The Morgan fingerprint density at radius 3 is 2.45 bits per heavy atom. The van der Waals surface area contributed by atoms with Gasteiger partial charge in [0, 0.05) is 21.7 Å². The fourth-order valence-corrected chi connectivity index (χ4v) is 3.94. The fraction of sp³-hybridized carbons (Fsp3) is 0.125. The molecule has 0 saturated heterocycles. The first-order valence-electron chi connectivity index (χ1n) is 9.91. The van der Waals surface area contributed by atoms with Gasteiger partial charge in [-0.2, -0.15) is 5.10 Å². The van der Waals surface area contributed by atoms with Crippen molar-refractivity contribution in [3.63, 3.8) is 0 Å².